The fourth-order valence-corrected chi connectivity index (χ4v) is 2.14. The van der Waals surface area contributed by atoms with Gasteiger partial charge in [-0.15, -0.1) is 0 Å². The molecule has 1 aromatic carbocycles. The van der Waals surface area contributed by atoms with Crippen molar-refractivity contribution >= 4 is 28.8 Å². The zero-order valence-electron chi connectivity index (χ0n) is 10.7. The maximum absolute atomic E-state index is 6.09. The van der Waals surface area contributed by atoms with Crippen LogP contribution in [0.2, 0.25) is 5.02 Å². The Morgan fingerprint density at radius 3 is 2.75 bits per heavy atom. The van der Waals surface area contributed by atoms with Gasteiger partial charge in [-0.2, -0.15) is 0 Å². The lowest BCUT2D eigenvalue weighted by atomic mass is 10.2. The molecule has 2 heterocycles. The molecular weight excluding hydrogens is 278 g/mol. The van der Waals surface area contributed by atoms with E-state index >= 15 is 0 Å². The van der Waals surface area contributed by atoms with Crippen LogP contribution in [0.5, 0.6) is 11.5 Å². The van der Waals surface area contributed by atoms with E-state index in [1.807, 2.05) is 18.2 Å². The van der Waals surface area contributed by atoms with E-state index in [2.05, 4.69) is 10.3 Å². The van der Waals surface area contributed by atoms with E-state index in [0.717, 1.165) is 23.6 Å². The Morgan fingerprint density at radius 2 is 1.95 bits per heavy atom. The number of nitrogen functional groups attached to an aromatic ring is 1. The lowest BCUT2D eigenvalue weighted by molar-refractivity contribution is 0.297. The molecule has 3 N–H and O–H groups in total. The summed E-state index contributed by atoms with van der Waals surface area (Å²) >= 11 is 6.09. The first-order valence-electron chi connectivity index (χ1n) is 6.30. The van der Waals surface area contributed by atoms with Crippen LogP contribution in [0.25, 0.3) is 0 Å². The zero-order chi connectivity index (χ0) is 13.9. The van der Waals surface area contributed by atoms with Gasteiger partial charge in [-0.25, -0.2) is 4.98 Å². The Bertz CT molecular complexity index is 634. The van der Waals surface area contributed by atoms with E-state index in [1.54, 1.807) is 12.3 Å². The molecule has 0 aliphatic carbocycles. The van der Waals surface area contributed by atoms with E-state index in [-0.39, 0.29) is 0 Å². The average Bonchev–Trinajstić information content (AvgIpc) is 2.66. The number of ether oxygens (including phenoxy) is 2. The third-order valence-electron chi connectivity index (χ3n) is 2.87. The summed E-state index contributed by atoms with van der Waals surface area (Å²) in [6.45, 7) is 1.32. The quantitative estimate of drug-likeness (QED) is 0.889. The Labute approximate surface area is 121 Å². The highest BCUT2D eigenvalue weighted by Crippen LogP contribution is 2.34. The summed E-state index contributed by atoms with van der Waals surface area (Å²) in [6, 6.07) is 7.28. The molecule has 0 bridgehead atoms. The first kappa shape index (κ1) is 12.9. The monoisotopic (exact) mass is 291 g/mol. The van der Waals surface area contributed by atoms with E-state index in [4.69, 9.17) is 26.8 Å². The highest BCUT2D eigenvalue weighted by molar-refractivity contribution is 6.33. The minimum Gasteiger partial charge on any atom is -0.490 e. The molecule has 3 rings (SSSR count). The van der Waals surface area contributed by atoms with Gasteiger partial charge in [0.25, 0.3) is 0 Å². The molecule has 0 radical (unpaired) electrons. The molecule has 0 saturated carbocycles. The zero-order valence-corrected chi connectivity index (χ0v) is 11.5. The predicted octanol–water partition coefficient (Wildman–Crippen LogP) is 3.22. The molecule has 5 nitrogen and oxygen atoms in total. The SMILES string of the molecule is Nc1cnc(Nc2ccc3c(c2)OCCCO3)c(Cl)c1. The standard InChI is InChI=1S/C14H14ClN3O2/c15-11-6-9(16)8-17-14(11)18-10-2-3-12-13(7-10)20-5-1-4-19-12/h2-3,6-8H,1,4-5,16H2,(H,17,18). The summed E-state index contributed by atoms with van der Waals surface area (Å²) < 4.78 is 11.2. The van der Waals surface area contributed by atoms with Crippen molar-refractivity contribution in [3.63, 3.8) is 0 Å². The summed E-state index contributed by atoms with van der Waals surface area (Å²) in [4.78, 5) is 4.16. The molecule has 0 amide bonds. The molecule has 1 aliphatic heterocycles. The van der Waals surface area contributed by atoms with E-state index in [1.165, 1.54) is 0 Å². The average molecular weight is 292 g/mol. The van der Waals surface area contributed by atoms with Crippen molar-refractivity contribution in [1.29, 1.82) is 0 Å². The molecule has 0 saturated heterocycles. The van der Waals surface area contributed by atoms with Gasteiger partial charge in [-0.3, -0.25) is 0 Å². The van der Waals surface area contributed by atoms with Gasteiger partial charge in [-0.1, -0.05) is 11.6 Å². The van der Waals surface area contributed by atoms with Crippen LogP contribution in [0.15, 0.2) is 30.5 Å². The second kappa shape index (κ2) is 5.46. The van der Waals surface area contributed by atoms with Crippen LogP contribution in [0.1, 0.15) is 6.42 Å². The van der Waals surface area contributed by atoms with Gasteiger partial charge in [0.2, 0.25) is 0 Å². The van der Waals surface area contributed by atoms with Crippen LogP contribution >= 0.6 is 11.6 Å². The normalized spacial score (nSPS) is 13.7. The van der Waals surface area contributed by atoms with E-state index in [0.29, 0.717) is 29.7 Å². The van der Waals surface area contributed by atoms with Gasteiger partial charge in [0.15, 0.2) is 11.5 Å². The number of aromatic nitrogens is 1. The first-order chi connectivity index (χ1) is 9.72. The lowest BCUT2D eigenvalue weighted by Gasteiger charge is -2.11. The second-order valence-corrected chi connectivity index (χ2v) is 4.84. The number of hydrogen-bond acceptors (Lipinski definition) is 5. The molecule has 0 unspecified atom stereocenters. The van der Waals surface area contributed by atoms with Crippen molar-refractivity contribution in [2.24, 2.45) is 0 Å². The third kappa shape index (κ3) is 2.72. The highest BCUT2D eigenvalue weighted by atomic mass is 35.5. The van der Waals surface area contributed by atoms with Crippen LogP contribution in [0.4, 0.5) is 17.2 Å². The van der Waals surface area contributed by atoms with Crippen LogP contribution in [-0.4, -0.2) is 18.2 Å². The molecule has 1 aliphatic rings. The van der Waals surface area contributed by atoms with E-state index < -0.39 is 0 Å². The number of hydrogen-bond donors (Lipinski definition) is 2. The molecule has 1 aromatic heterocycles. The number of pyridine rings is 1. The fraction of sp³-hybridized carbons (Fsp3) is 0.214. The summed E-state index contributed by atoms with van der Waals surface area (Å²) in [6.07, 6.45) is 2.43. The summed E-state index contributed by atoms with van der Waals surface area (Å²) in [5, 5.41) is 3.61. The molecule has 6 heteroatoms. The summed E-state index contributed by atoms with van der Waals surface area (Å²) in [7, 11) is 0. The number of nitrogens with two attached hydrogens (primary N) is 1. The number of halogens is 1. The minimum absolute atomic E-state index is 0.470. The van der Waals surface area contributed by atoms with Gasteiger partial charge in [-0.05, 0) is 18.2 Å². The Kier molecular flexibility index (Phi) is 3.52. The number of nitrogens with zero attached hydrogens (tertiary/aromatic N) is 1. The number of benzene rings is 1. The van der Waals surface area contributed by atoms with Gasteiger partial charge in [0.1, 0.15) is 5.82 Å². The number of rotatable bonds is 2. The van der Waals surface area contributed by atoms with Crippen molar-refractivity contribution in [3.8, 4) is 11.5 Å². The minimum atomic E-state index is 0.470. The second-order valence-electron chi connectivity index (χ2n) is 4.44. The van der Waals surface area contributed by atoms with Crippen molar-refractivity contribution in [2.75, 3.05) is 24.3 Å². The smallest absolute Gasteiger partial charge is 0.163 e. The van der Waals surface area contributed by atoms with Crippen LogP contribution < -0.4 is 20.5 Å². The van der Waals surface area contributed by atoms with E-state index in [9.17, 15) is 0 Å². The molecule has 0 atom stereocenters. The van der Waals surface area contributed by atoms with Gasteiger partial charge in [0.05, 0.1) is 30.1 Å². The molecule has 0 spiro atoms. The van der Waals surface area contributed by atoms with Gasteiger partial charge in [0, 0.05) is 18.2 Å². The number of nitrogens with one attached hydrogen (secondary N) is 1. The maximum Gasteiger partial charge on any atom is 0.163 e. The van der Waals surface area contributed by atoms with Crippen molar-refractivity contribution in [2.45, 2.75) is 6.42 Å². The Morgan fingerprint density at radius 1 is 1.15 bits per heavy atom. The first-order valence-corrected chi connectivity index (χ1v) is 6.68. The molecule has 20 heavy (non-hydrogen) atoms. The Hall–Kier alpha value is -2.14. The topological polar surface area (TPSA) is 69.4 Å². The highest BCUT2D eigenvalue weighted by Gasteiger charge is 2.11. The van der Waals surface area contributed by atoms with Crippen LogP contribution in [-0.2, 0) is 0 Å². The van der Waals surface area contributed by atoms with Crippen molar-refractivity contribution < 1.29 is 9.47 Å². The molecular formula is C14H14ClN3O2. The van der Waals surface area contributed by atoms with Crippen LogP contribution in [0, 0.1) is 0 Å². The fourth-order valence-electron chi connectivity index (χ4n) is 1.92. The molecule has 104 valence electrons. The third-order valence-corrected chi connectivity index (χ3v) is 3.16. The lowest BCUT2D eigenvalue weighted by Crippen LogP contribution is -1.98. The summed E-state index contributed by atoms with van der Waals surface area (Å²) in [5.74, 6) is 2.03. The van der Waals surface area contributed by atoms with Gasteiger partial charge < -0.3 is 20.5 Å². The van der Waals surface area contributed by atoms with Crippen LogP contribution in [0.3, 0.4) is 0 Å². The predicted molar refractivity (Wildman–Crippen MR) is 79.0 cm³/mol. The number of anilines is 3. The van der Waals surface area contributed by atoms with Crippen molar-refractivity contribution in [3.05, 3.63) is 35.5 Å². The number of fused-ring (bicyclic) bond motifs is 1. The maximum atomic E-state index is 6.09. The molecule has 0 fully saturated rings. The largest absolute Gasteiger partial charge is 0.490 e. The molecule has 2 aromatic rings. The summed E-state index contributed by atoms with van der Waals surface area (Å²) in [5.41, 5.74) is 6.97. The Balaban J connectivity index is 1.86. The van der Waals surface area contributed by atoms with Crippen molar-refractivity contribution in [1.82, 2.24) is 4.98 Å². The van der Waals surface area contributed by atoms with Gasteiger partial charge >= 0.3 is 0 Å².